The minimum absolute atomic E-state index is 0.273. The molecule has 5 nitrogen and oxygen atoms in total. The standard InChI is InChI=1S/C30H32FN3O2/c1-4-5-25(35)16-10-20-6-11-22(12-7-20)29(32-24-14-8-21(9-15-24)19-34(2)3)28-26-17-13-23(31)18-27(26)33-30(28)36/h6-9,11-15,17-18,32H,4-5,10,16,19H2,1-3H3,(H,33,36)/b29-28-. The number of benzene rings is 3. The lowest BCUT2D eigenvalue weighted by Gasteiger charge is -2.16. The molecule has 0 spiro atoms. The first kappa shape index (κ1) is 25.3. The molecular weight excluding hydrogens is 453 g/mol. The molecule has 36 heavy (non-hydrogen) atoms. The van der Waals surface area contributed by atoms with Crippen LogP contribution in [0, 0.1) is 5.82 Å². The number of hydrogen-bond acceptors (Lipinski definition) is 4. The van der Waals surface area contributed by atoms with Crippen molar-refractivity contribution in [1.82, 2.24) is 4.90 Å². The van der Waals surface area contributed by atoms with Crippen LogP contribution < -0.4 is 10.6 Å². The average Bonchev–Trinajstić information content (AvgIpc) is 3.17. The van der Waals surface area contributed by atoms with Crippen molar-refractivity contribution < 1.29 is 14.0 Å². The number of nitrogens with one attached hydrogen (secondary N) is 2. The topological polar surface area (TPSA) is 61.4 Å². The SMILES string of the molecule is CCCC(=O)CCc1ccc(/C(Nc2ccc(CN(C)C)cc2)=C2/C(=O)Nc3cc(F)ccc32)cc1. The Kier molecular flexibility index (Phi) is 7.96. The summed E-state index contributed by atoms with van der Waals surface area (Å²) in [4.78, 5) is 27.1. The molecule has 6 heteroatoms. The third-order valence-corrected chi connectivity index (χ3v) is 6.16. The van der Waals surface area contributed by atoms with Gasteiger partial charge in [0.25, 0.3) is 5.91 Å². The molecule has 0 radical (unpaired) electrons. The third kappa shape index (κ3) is 6.07. The third-order valence-electron chi connectivity index (χ3n) is 6.16. The van der Waals surface area contributed by atoms with Crippen LogP contribution in [-0.4, -0.2) is 30.7 Å². The van der Waals surface area contributed by atoms with Gasteiger partial charge in [0.15, 0.2) is 0 Å². The first-order valence-corrected chi connectivity index (χ1v) is 12.3. The van der Waals surface area contributed by atoms with E-state index in [2.05, 4.69) is 27.7 Å². The Bertz CT molecular complexity index is 1280. The number of aryl methyl sites for hydroxylation is 1. The number of amides is 1. The number of ketones is 1. The summed E-state index contributed by atoms with van der Waals surface area (Å²) in [5, 5.41) is 6.24. The van der Waals surface area contributed by atoms with E-state index in [0.717, 1.165) is 29.8 Å². The van der Waals surface area contributed by atoms with Gasteiger partial charge in [-0.05, 0) is 74.0 Å². The van der Waals surface area contributed by atoms with E-state index in [1.807, 2.05) is 57.4 Å². The van der Waals surface area contributed by atoms with Crippen LogP contribution in [0.2, 0.25) is 0 Å². The number of carbonyl (C=O) groups is 2. The van der Waals surface area contributed by atoms with E-state index in [0.29, 0.717) is 41.8 Å². The molecule has 1 aliphatic heterocycles. The number of fused-ring (bicyclic) bond motifs is 1. The van der Waals surface area contributed by atoms with E-state index < -0.39 is 5.82 Å². The van der Waals surface area contributed by atoms with Crippen LogP contribution in [0.4, 0.5) is 15.8 Å². The maximum atomic E-state index is 13.8. The van der Waals surface area contributed by atoms with Gasteiger partial charge in [-0.25, -0.2) is 4.39 Å². The van der Waals surface area contributed by atoms with Crippen LogP contribution in [-0.2, 0) is 22.6 Å². The largest absolute Gasteiger partial charge is 0.354 e. The van der Waals surface area contributed by atoms with Crippen molar-refractivity contribution in [2.75, 3.05) is 24.7 Å². The lowest BCUT2D eigenvalue weighted by Crippen LogP contribution is -2.11. The van der Waals surface area contributed by atoms with Crippen molar-refractivity contribution in [2.24, 2.45) is 0 Å². The summed E-state index contributed by atoms with van der Waals surface area (Å²) >= 11 is 0. The Morgan fingerprint density at radius 1 is 0.944 bits per heavy atom. The van der Waals surface area contributed by atoms with Crippen molar-refractivity contribution in [1.29, 1.82) is 0 Å². The second kappa shape index (κ2) is 11.3. The Balaban J connectivity index is 1.69. The minimum atomic E-state index is -0.400. The second-order valence-corrected chi connectivity index (χ2v) is 9.44. The number of nitrogens with zero attached hydrogens (tertiary/aromatic N) is 1. The van der Waals surface area contributed by atoms with Gasteiger partial charge in [0, 0.05) is 30.6 Å². The summed E-state index contributed by atoms with van der Waals surface area (Å²) in [6, 6.07) is 20.3. The van der Waals surface area contributed by atoms with Crippen LogP contribution in [0.1, 0.15) is 48.4 Å². The fourth-order valence-electron chi connectivity index (χ4n) is 4.40. The minimum Gasteiger partial charge on any atom is -0.354 e. The molecule has 0 aliphatic carbocycles. The second-order valence-electron chi connectivity index (χ2n) is 9.44. The number of hydrogen-bond donors (Lipinski definition) is 2. The predicted octanol–water partition coefficient (Wildman–Crippen LogP) is 6.12. The fraction of sp³-hybridized carbons (Fsp3) is 0.267. The molecule has 1 heterocycles. The lowest BCUT2D eigenvalue weighted by atomic mass is 9.98. The fourth-order valence-corrected chi connectivity index (χ4v) is 4.40. The van der Waals surface area contributed by atoms with Crippen LogP contribution in [0.15, 0.2) is 66.7 Å². The van der Waals surface area contributed by atoms with Gasteiger partial charge in [0.2, 0.25) is 0 Å². The summed E-state index contributed by atoms with van der Waals surface area (Å²) in [5.74, 6) is -0.407. The Morgan fingerprint density at radius 2 is 1.64 bits per heavy atom. The van der Waals surface area contributed by atoms with Gasteiger partial charge >= 0.3 is 0 Å². The molecule has 1 amide bonds. The lowest BCUT2D eigenvalue weighted by molar-refractivity contribution is -0.119. The molecule has 3 aromatic rings. The molecule has 3 aromatic carbocycles. The van der Waals surface area contributed by atoms with Crippen LogP contribution in [0.5, 0.6) is 0 Å². The van der Waals surface area contributed by atoms with Gasteiger partial charge in [0.1, 0.15) is 11.6 Å². The highest BCUT2D eigenvalue weighted by Crippen LogP contribution is 2.38. The van der Waals surface area contributed by atoms with Gasteiger partial charge in [0.05, 0.1) is 17.0 Å². The first-order chi connectivity index (χ1) is 17.3. The van der Waals surface area contributed by atoms with E-state index in [1.54, 1.807) is 6.07 Å². The van der Waals surface area contributed by atoms with E-state index in [-0.39, 0.29) is 11.7 Å². The molecular formula is C30H32FN3O2. The number of Topliss-reactive ketones (excluding diaryl/α,β-unsaturated/α-hetero) is 1. The van der Waals surface area contributed by atoms with Gasteiger partial charge in [-0.2, -0.15) is 0 Å². The van der Waals surface area contributed by atoms with Gasteiger partial charge in [-0.1, -0.05) is 43.3 Å². The Hall–Kier alpha value is -3.77. The highest BCUT2D eigenvalue weighted by Gasteiger charge is 2.28. The molecule has 0 unspecified atom stereocenters. The predicted molar refractivity (Wildman–Crippen MR) is 144 cm³/mol. The highest BCUT2D eigenvalue weighted by molar-refractivity contribution is 6.37. The molecule has 2 N–H and O–H groups in total. The van der Waals surface area contributed by atoms with Crippen molar-refractivity contribution in [2.45, 2.75) is 39.2 Å². The summed E-state index contributed by atoms with van der Waals surface area (Å²) in [7, 11) is 4.05. The Morgan fingerprint density at radius 3 is 2.31 bits per heavy atom. The first-order valence-electron chi connectivity index (χ1n) is 12.3. The molecule has 1 aliphatic rings. The zero-order valence-corrected chi connectivity index (χ0v) is 21.0. The van der Waals surface area contributed by atoms with Crippen LogP contribution in [0.3, 0.4) is 0 Å². The zero-order chi connectivity index (χ0) is 25.7. The molecule has 4 rings (SSSR count). The van der Waals surface area contributed by atoms with Crippen molar-refractivity contribution in [3.63, 3.8) is 0 Å². The van der Waals surface area contributed by atoms with E-state index >= 15 is 0 Å². The summed E-state index contributed by atoms with van der Waals surface area (Å²) in [5.41, 5.74) is 6.15. The molecule has 0 aromatic heterocycles. The molecule has 0 saturated heterocycles. The van der Waals surface area contributed by atoms with E-state index in [9.17, 15) is 14.0 Å². The quantitative estimate of drug-likeness (QED) is 0.340. The summed E-state index contributed by atoms with van der Waals surface area (Å²) in [6.45, 7) is 2.84. The van der Waals surface area contributed by atoms with E-state index in [4.69, 9.17) is 0 Å². The van der Waals surface area contributed by atoms with Crippen LogP contribution >= 0.6 is 0 Å². The molecule has 0 fully saturated rings. The normalized spacial score (nSPS) is 14.0. The van der Waals surface area contributed by atoms with Gasteiger partial charge in [-0.15, -0.1) is 0 Å². The summed E-state index contributed by atoms with van der Waals surface area (Å²) < 4.78 is 13.8. The molecule has 0 saturated carbocycles. The van der Waals surface area contributed by atoms with Gasteiger partial charge in [-0.3, -0.25) is 9.59 Å². The van der Waals surface area contributed by atoms with Crippen molar-refractivity contribution in [3.05, 3.63) is 94.8 Å². The molecule has 186 valence electrons. The van der Waals surface area contributed by atoms with Crippen molar-refractivity contribution in [3.8, 4) is 0 Å². The molecule has 0 bridgehead atoms. The maximum Gasteiger partial charge on any atom is 0.258 e. The summed E-state index contributed by atoms with van der Waals surface area (Å²) in [6.07, 6.45) is 2.69. The smallest absolute Gasteiger partial charge is 0.258 e. The molecule has 0 atom stereocenters. The Labute approximate surface area is 212 Å². The van der Waals surface area contributed by atoms with Crippen LogP contribution in [0.25, 0.3) is 11.3 Å². The highest BCUT2D eigenvalue weighted by atomic mass is 19.1. The maximum absolute atomic E-state index is 13.8. The van der Waals surface area contributed by atoms with Crippen molar-refractivity contribution >= 4 is 34.3 Å². The number of anilines is 2. The van der Waals surface area contributed by atoms with Gasteiger partial charge < -0.3 is 15.5 Å². The van der Waals surface area contributed by atoms with E-state index in [1.165, 1.54) is 17.7 Å². The zero-order valence-electron chi connectivity index (χ0n) is 21.0. The monoisotopic (exact) mass is 485 g/mol. The average molecular weight is 486 g/mol. The number of halogens is 1. The number of carbonyl (C=O) groups excluding carboxylic acids is 2. The number of rotatable bonds is 10.